The van der Waals surface area contributed by atoms with Crippen LogP contribution in [0.5, 0.6) is 0 Å². The van der Waals surface area contributed by atoms with E-state index in [1.54, 1.807) is 27.7 Å². The highest BCUT2D eigenvalue weighted by molar-refractivity contribution is 7.94. The zero-order valence-corrected chi connectivity index (χ0v) is 19.7. The molecule has 0 aliphatic carbocycles. The second-order valence-corrected chi connectivity index (χ2v) is 10.9. The lowest BCUT2D eigenvalue weighted by Gasteiger charge is -2.19. The summed E-state index contributed by atoms with van der Waals surface area (Å²) in [6.45, 7) is 6.55. The first-order valence-electron chi connectivity index (χ1n) is 8.98. The maximum absolute atomic E-state index is 12.6. The quantitative estimate of drug-likeness (QED) is 0.504. The number of hydrogen-bond donors (Lipinski definition) is 2. The number of esters is 1. The van der Waals surface area contributed by atoms with E-state index in [1.165, 1.54) is 5.51 Å². The lowest BCUT2D eigenvalue weighted by Crippen LogP contribution is -2.35. The molecule has 2 rings (SSSR count). The van der Waals surface area contributed by atoms with Crippen molar-refractivity contribution in [3.05, 3.63) is 22.4 Å². The maximum atomic E-state index is 12.6. The molecule has 11 nitrogen and oxygen atoms in total. The number of anilines is 1. The number of carbonyl (C=O) groups excluding carboxylic acids is 3. The van der Waals surface area contributed by atoms with E-state index in [9.17, 15) is 22.8 Å². The molecule has 0 bridgehead atoms. The van der Waals surface area contributed by atoms with Crippen molar-refractivity contribution in [3.63, 3.8) is 0 Å². The number of amides is 1. The van der Waals surface area contributed by atoms with Gasteiger partial charge in [-0.15, -0.1) is 22.7 Å². The molecule has 2 aromatic heterocycles. The van der Waals surface area contributed by atoms with Gasteiger partial charge >= 0.3 is 12.1 Å². The summed E-state index contributed by atoms with van der Waals surface area (Å²) < 4.78 is 37.2. The number of sulfonamides is 1. The van der Waals surface area contributed by atoms with Crippen LogP contribution in [0, 0.1) is 0 Å². The minimum atomic E-state index is -4.05. The summed E-state index contributed by atoms with van der Waals surface area (Å²) >= 11 is 1.73. The summed E-state index contributed by atoms with van der Waals surface area (Å²) in [7, 11) is -4.05. The van der Waals surface area contributed by atoms with Gasteiger partial charge in [0.1, 0.15) is 15.6 Å². The van der Waals surface area contributed by atoms with Crippen LogP contribution in [-0.2, 0) is 30.7 Å². The number of nitrogens with zero attached hydrogens (tertiary/aromatic N) is 2. The van der Waals surface area contributed by atoms with Gasteiger partial charge in [-0.25, -0.2) is 28.0 Å². The first-order valence-corrected chi connectivity index (χ1v) is 12.2. The minimum absolute atomic E-state index is 0.0195. The average molecular weight is 491 g/mol. The van der Waals surface area contributed by atoms with Crippen LogP contribution < -0.4 is 10.0 Å². The fourth-order valence-electron chi connectivity index (χ4n) is 2.05. The molecule has 0 aliphatic rings. The van der Waals surface area contributed by atoms with E-state index in [2.05, 4.69) is 20.0 Å². The van der Waals surface area contributed by atoms with Gasteiger partial charge in [-0.3, -0.25) is 9.52 Å². The average Bonchev–Trinajstić information content (AvgIpc) is 3.28. The van der Waals surface area contributed by atoms with Crippen LogP contribution in [0.2, 0.25) is 0 Å². The highest BCUT2D eigenvalue weighted by Crippen LogP contribution is 2.27. The molecule has 0 unspecified atom stereocenters. The number of ketones is 1. The largest absolute Gasteiger partial charge is 0.461 e. The highest BCUT2D eigenvalue weighted by Gasteiger charge is 2.24. The van der Waals surface area contributed by atoms with Crippen LogP contribution in [0.4, 0.5) is 9.80 Å². The monoisotopic (exact) mass is 490 g/mol. The Morgan fingerprint density at radius 2 is 1.90 bits per heavy atom. The van der Waals surface area contributed by atoms with Gasteiger partial charge in [-0.1, -0.05) is 0 Å². The van der Waals surface area contributed by atoms with Crippen LogP contribution in [0.15, 0.2) is 15.9 Å². The minimum Gasteiger partial charge on any atom is -0.461 e. The number of thiazole rings is 2. The first-order chi connectivity index (χ1) is 14.4. The summed E-state index contributed by atoms with van der Waals surface area (Å²) in [6.07, 6.45) is 0.224. The molecule has 0 saturated heterocycles. The maximum Gasteiger partial charge on any atom is 0.408 e. The molecule has 2 N–H and O–H groups in total. The fourth-order valence-corrected chi connectivity index (χ4v) is 5.25. The number of nitrogens with one attached hydrogen (secondary N) is 2. The van der Waals surface area contributed by atoms with Crippen LogP contribution in [0.25, 0.3) is 0 Å². The molecule has 0 fully saturated rings. The first kappa shape index (κ1) is 24.7. The van der Waals surface area contributed by atoms with Crippen molar-refractivity contribution in [2.24, 2.45) is 0 Å². The molecule has 0 saturated carbocycles. The zero-order chi connectivity index (χ0) is 23.2. The Balaban J connectivity index is 1.99. The number of ether oxygens (including phenoxy) is 2. The molecular formula is C17H22N4O7S3. The summed E-state index contributed by atoms with van der Waals surface area (Å²) in [5.41, 5.74) is 0.492. The van der Waals surface area contributed by atoms with Gasteiger partial charge in [0.2, 0.25) is 0 Å². The molecule has 2 heterocycles. The van der Waals surface area contributed by atoms with Crippen molar-refractivity contribution in [2.75, 3.05) is 17.9 Å². The Morgan fingerprint density at radius 3 is 2.55 bits per heavy atom. The number of hydrogen-bond acceptors (Lipinski definition) is 11. The predicted molar refractivity (Wildman–Crippen MR) is 114 cm³/mol. The smallest absolute Gasteiger partial charge is 0.408 e. The molecule has 14 heteroatoms. The van der Waals surface area contributed by atoms with Crippen LogP contribution in [0.3, 0.4) is 0 Å². The normalized spacial score (nSPS) is 11.6. The summed E-state index contributed by atoms with van der Waals surface area (Å²) in [5.74, 6) is -1.11. The second-order valence-electron chi connectivity index (χ2n) is 7.00. The number of carbonyl (C=O) groups is 3. The molecule has 0 atom stereocenters. The van der Waals surface area contributed by atoms with Gasteiger partial charge in [0, 0.05) is 0 Å². The number of rotatable bonds is 9. The molecule has 31 heavy (non-hydrogen) atoms. The van der Waals surface area contributed by atoms with Gasteiger partial charge in [0.05, 0.1) is 31.3 Å². The van der Waals surface area contributed by atoms with Crippen molar-refractivity contribution in [2.45, 2.75) is 43.9 Å². The number of Topliss-reactive ketones (excluding diaryl/α,β-unsaturated/α-hetero) is 1. The van der Waals surface area contributed by atoms with E-state index >= 15 is 0 Å². The van der Waals surface area contributed by atoms with Crippen molar-refractivity contribution in [3.8, 4) is 0 Å². The molecule has 2 aromatic rings. The standard InChI is InChI=1S/C17H22N4O7S3/c1-5-27-15(23)13-14(29-9-20-13)21-31(25,26)12-8-18-11(30-12)6-10(22)7-19-16(24)28-17(2,3)4/h8-9,21H,5-7H2,1-4H3,(H,19,24). The fraction of sp³-hybridized carbons (Fsp3) is 0.471. The Hall–Kier alpha value is -2.58. The lowest BCUT2D eigenvalue weighted by atomic mass is 10.2. The molecule has 0 aromatic carbocycles. The molecule has 1 amide bonds. The molecule has 0 spiro atoms. The topological polar surface area (TPSA) is 154 Å². The SMILES string of the molecule is CCOC(=O)c1ncsc1NS(=O)(=O)c1cnc(CC(=O)CNC(=O)OC(C)(C)C)s1. The third-order valence-corrected chi connectivity index (χ3v) is 6.92. The lowest BCUT2D eigenvalue weighted by molar-refractivity contribution is -0.117. The van der Waals surface area contributed by atoms with Gasteiger partial charge < -0.3 is 14.8 Å². The molecule has 170 valence electrons. The number of alkyl carbamates (subject to hydrolysis) is 1. The third-order valence-electron chi connectivity index (χ3n) is 3.24. The molecular weight excluding hydrogens is 468 g/mol. The Bertz CT molecular complexity index is 1050. The Kier molecular flexibility index (Phi) is 8.08. The second kappa shape index (κ2) is 10.2. The van der Waals surface area contributed by atoms with E-state index < -0.39 is 27.7 Å². The number of aromatic nitrogens is 2. The van der Waals surface area contributed by atoms with Gasteiger partial charge in [-0.2, -0.15) is 0 Å². The third kappa shape index (κ3) is 7.56. The van der Waals surface area contributed by atoms with Crippen LogP contribution in [0.1, 0.15) is 43.2 Å². The summed E-state index contributed by atoms with van der Waals surface area (Å²) in [6, 6.07) is 0. The zero-order valence-electron chi connectivity index (χ0n) is 17.3. The van der Waals surface area contributed by atoms with Gasteiger partial charge in [0.25, 0.3) is 10.0 Å². The van der Waals surface area contributed by atoms with Crippen molar-refractivity contribution in [1.29, 1.82) is 0 Å². The van der Waals surface area contributed by atoms with Crippen molar-refractivity contribution < 1.29 is 32.3 Å². The van der Waals surface area contributed by atoms with E-state index in [0.717, 1.165) is 28.9 Å². The van der Waals surface area contributed by atoms with Crippen molar-refractivity contribution in [1.82, 2.24) is 15.3 Å². The van der Waals surface area contributed by atoms with E-state index in [1.807, 2.05) is 0 Å². The van der Waals surface area contributed by atoms with Crippen molar-refractivity contribution >= 4 is 55.5 Å². The van der Waals surface area contributed by atoms with E-state index in [-0.39, 0.29) is 45.3 Å². The van der Waals surface area contributed by atoms with Crippen LogP contribution >= 0.6 is 22.7 Å². The van der Waals surface area contributed by atoms with Gasteiger partial charge in [-0.05, 0) is 27.7 Å². The van der Waals surface area contributed by atoms with Gasteiger partial charge in [0.15, 0.2) is 15.7 Å². The Labute approximate surface area is 187 Å². The summed E-state index contributed by atoms with van der Waals surface area (Å²) in [4.78, 5) is 43.3. The van der Waals surface area contributed by atoms with E-state index in [4.69, 9.17) is 9.47 Å². The molecule has 0 aliphatic heterocycles. The summed E-state index contributed by atoms with van der Waals surface area (Å²) in [5, 5.41) is 2.61. The predicted octanol–water partition coefficient (Wildman–Crippen LogP) is 2.21. The molecule has 0 radical (unpaired) electrons. The van der Waals surface area contributed by atoms with E-state index in [0.29, 0.717) is 0 Å². The van der Waals surface area contributed by atoms with Crippen LogP contribution in [-0.4, -0.2) is 55.0 Å². The highest BCUT2D eigenvalue weighted by atomic mass is 32.2. The Morgan fingerprint density at radius 1 is 1.19 bits per heavy atom.